The number of non-ortho nitro benzene ring substituents is 1. The number of quaternary nitrogens is 1. The van der Waals surface area contributed by atoms with Gasteiger partial charge in [-0.2, -0.15) is 0 Å². The van der Waals surface area contributed by atoms with Gasteiger partial charge in [0, 0.05) is 22.7 Å². The molecule has 0 saturated carbocycles. The van der Waals surface area contributed by atoms with Crippen LogP contribution in [0.3, 0.4) is 0 Å². The molecule has 3 rings (SSSR count). The van der Waals surface area contributed by atoms with Crippen LogP contribution in [0, 0.1) is 15.9 Å². The molecule has 0 aromatic heterocycles. The number of nitrogens with zero attached hydrogens (tertiary/aromatic N) is 2. The van der Waals surface area contributed by atoms with E-state index >= 15 is 0 Å². The van der Waals surface area contributed by atoms with Crippen LogP contribution in [0.25, 0.3) is 0 Å². The van der Waals surface area contributed by atoms with Crippen molar-refractivity contribution in [1.29, 1.82) is 0 Å². The molecule has 0 radical (unpaired) electrons. The zero-order chi connectivity index (χ0) is 17.1. The quantitative estimate of drug-likeness (QED) is 0.680. The van der Waals surface area contributed by atoms with E-state index in [9.17, 15) is 14.5 Å². The predicted molar refractivity (Wildman–Crippen MR) is 91.1 cm³/mol. The van der Waals surface area contributed by atoms with Crippen LogP contribution >= 0.6 is 11.6 Å². The summed E-state index contributed by atoms with van der Waals surface area (Å²) in [5.41, 5.74) is 1.46. The van der Waals surface area contributed by atoms with E-state index < -0.39 is 4.92 Å². The highest BCUT2D eigenvalue weighted by molar-refractivity contribution is 6.31. The first kappa shape index (κ1) is 16.7. The van der Waals surface area contributed by atoms with Gasteiger partial charge in [0.15, 0.2) is 0 Å². The van der Waals surface area contributed by atoms with E-state index in [0.717, 1.165) is 31.7 Å². The Hall–Kier alpha value is -2.18. The minimum Gasteiger partial charge on any atom is -0.358 e. The van der Waals surface area contributed by atoms with Crippen LogP contribution in [0.5, 0.6) is 0 Å². The van der Waals surface area contributed by atoms with Crippen LogP contribution in [0.1, 0.15) is 5.56 Å². The lowest BCUT2D eigenvalue weighted by Crippen LogP contribution is -3.13. The van der Waals surface area contributed by atoms with E-state index in [2.05, 4.69) is 0 Å². The smallest absolute Gasteiger partial charge is 0.270 e. The summed E-state index contributed by atoms with van der Waals surface area (Å²) in [6, 6.07) is 11.3. The first-order valence-corrected chi connectivity index (χ1v) is 8.18. The first-order chi connectivity index (χ1) is 11.5. The van der Waals surface area contributed by atoms with Crippen molar-refractivity contribution in [1.82, 2.24) is 0 Å². The number of nitro benzene ring substituents is 1. The summed E-state index contributed by atoms with van der Waals surface area (Å²) in [4.78, 5) is 13.8. The molecule has 1 aliphatic heterocycles. The van der Waals surface area contributed by atoms with Gasteiger partial charge in [0.05, 0.1) is 36.8 Å². The van der Waals surface area contributed by atoms with E-state index in [1.807, 2.05) is 11.0 Å². The fourth-order valence-electron chi connectivity index (χ4n) is 3.03. The summed E-state index contributed by atoms with van der Waals surface area (Å²) in [5, 5.41) is 11.4. The summed E-state index contributed by atoms with van der Waals surface area (Å²) in [6.45, 7) is 3.76. The number of halogens is 2. The maximum Gasteiger partial charge on any atom is 0.270 e. The van der Waals surface area contributed by atoms with Gasteiger partial charge in [-0.3, -0.25) is 10.1 Å². The topological polar surface area (TPSA) is 50.8 Å². The molecule has 0 unspecified atom stereocenters. The summed E-state index contributed by atoms with van der Waals surface area (Å²) < 4.78 is 13.9. The molecule has 2 aromatic rings. The van der Waals surface area contributed by atoms with Crippen molar-refractivity contribution < 1.29 is 14.2 Å². The minimum atomic E-state index is -0.411. The molecule has 1 fully saturated rings. The Morgan fingerprint density at radius 1 is 1.21 bits per heavy atom. The van der Waals surface area contributed by atoms with E-state index in [0.29, 0.717) is 17.3 Å². The predicted octanol–water partition coefficient (Wildman–Crippen LogP) is 2.29. The Morgan fingerprint density at radius 3 is 2.58 bits per heavy atom. The Morgan fingerprint density at radius 2 is 1.92 bits per heavy atom. The number of anilines is 1. The van der Waals surface area contributed by atoms with Crippen molar-refractivity contribution >= 4 is 23.0 Å². The molecule has 24 heavy (non-hydrogen) atoms. The number of para-hydroxylation sites is 1. The average molecular weight is 351 g/mol. The molecule has 2 aromatic carbocycles. The second-order valence-electron chi connectivity index (χ2n) is 5.90. The Balaban J connectivity index is 1.65. The molecule has 7 heteroatoms. The van der Waals surface area contributed by atoms with Crippen molar-refractivity contribution in [2.24, 2.45) is 0 Å². The van der Waals surface area contributed by atoms with Gasteiger partial charge < -0.3 is 9.80 Å². The van der Waals surface area contributed by atoms with Crippen molar-refractivity contribution in [3.05, 3.63) is 69.0 Å². The highest BCUT2D eigenvalue weighted by Gasteiger charge is 2.23. The molecule has 0 atom stereocenters. The summed E-state index contributed by atoms with van der Waals surface area (Å²) in [6.07, 6.45) is 0. The highest BCUT2D eigenvalue weighted by atomic mass is 35.5. The Bertz CT molecular complexity index is 748. The molecule has 1 heterocycles. The van der Waals surface area contributed by atoms with E-state index in [1.165, 1.54) is 17.0 Å². The molecule has 126 valence electrons. The molecule has 0 bridgehead atoms. The molecule has 5 nitrogen and oxygen atoms in total. The molecule has 0 amide bonds. The Labute approximate surface area is 144 Å². The molecule has 1 aliphatic rings. The second kappa shape index (κ2) is 7.15. The number of hydrogen-bond donors (Lipinski definition) is 1. The monoisotopic (exact) mass is 350 g/mol. The van der Waals surface area contributed by atoms with E-state index in [-0.39, 0.29) is 11.5 Å². The van der Waals surface area contributed by atoms with Crippen LogP contribution in [0.4, 0.5) is 15.8 Å². The van der Waals surface area contributed by atoms with Crippen molar-refractivity contribution in [3.8, 4) is 0 Å². The minimum absolute atomic E-state index is 0.0544. The highest BCUT2D eigenvalue weighted by Crippen LogP contribution is 2.22. The van der Waals surface area contributed by atoms with Gasteiger partial charge in [-0.1, -0.05) is 23.7 Å². The van der Waals surface area contributed by atoms with Crippen LogP contribution in [0.2, 0.25) is 5.02 Å². The van der Waals surface area contributed by atoms with Crippen molar-refractivity contribution in [2.45, 2.75) is 6.54 Å². The second-order valence-corrected chi connectivity index (χ2v) is 6.31. The zero-order valence-electron chi connectivity index (χ0n) is 13.0. The normalized spacial score (nSPS) is 15.5. The average Bonchev–Trinajstić information content (AvgIpc) is 2.58. The number of rotatable bonds is 4. The van der Waals surface area contributed by atoms with Crippen LogP contribution < -0.4 is 9.80 Å². The van der Waals surface area contributed by atoms with Crippen molar-refractivity contribution in [2.75, 3.05) is 31.1 Å². The van der Waals surface area contributed by atoms with Gasteiger partial charge in [0.1, 0.15) is 12.4 Å². The Kier molecular flexibility index (Phi) is 4.97. The zero-order valence-corrected chi connectivity index (χ0v) is 13.8. The SMILES string of the molecule is O=[N+]([O-])c1ccc(Cl)c(C[NH+]2CCN(c3ccccc3F)CC2)c1. The molecule has 1 saturated heterocycles. The summed E-state index contributed by atoms with van der Waals surface area (Å²) in [5.74, 6) is -0.206. The molecular weight excluding hydrogens is 333 g/mol. The molecule has 0 spiro atoms. The van der Waals surface area contributed by atoms with Gasteiger partial charge in [-0.15, -0.1) is 0 Å². The lowest BCUT2D eigenvalue weighted by molar-refractivity contribution is -0.914. The number of benzene rings is 2. The van der Waals surface area contributed by atoms with Crippen LogP contribution in [0.15, 0.2) is 42.5 Å². The number of piperazine rings is 1. The van der Waals surface area contributed by atoms with Gasteiger partial charge in [0.2, 0.25) is 0 Å². The lowest BCUT2D eigenvalue weighted by atomic mass is 10.1. The van der Waals surface area contributed by atoms with Crippen molar-refractivity contribution in [3.63, 3.8) is 0 Å². The fraction of sp³-hybridized carbons (Fsp3) is 0.294. The van der Waals surface area contributed by atoms with E-state index in [1.54, 1.807) is 24.3 Å². The molecular formula is C17H18ClFN3O2+. The van der Waals surface area contributed by atoms with Gasteiger partial charge in [0.25, 0.3) is 5.69 Å². The maximum absolute atomic E-state index is 13.9. The maximum atomic E-state index is 13.9. The van der Waals surface area contributed by atoms with Gasteiger partial charge in [-0.25, -0.2) is 4.39 Å². The third-order valence-corrected chi connectivity index (χ3v) is 4.71. The van der Waals surface area contributed by atoms with Crippen LogP contribution in [-0.4, -0.2) is 31.1 Å². The standard InChI is InChI=1S/C17H17ClFN3O2/c18-15-6-5-14(22(23)24)11-13(15)12-20-7-9-21(10-8-20)17-4-2-1-3-16(17)19/h1-6,11H,7-10,12H2/p+1. The summed E-state index contributed by atoms with van der Waals surface area (Å²) in [7, 11) is 0. The third kappa shape index (κ3) is 3.66. The molecule has 0 aliphatic carbocycles. The number of hydrogen-bond acceptors (Lipinski definition) is 3. The lowest BCUT2D eigenvalue weighted by Gasteiger charge is -2.33. The largest absolute Gasteiger partial charge is 0.358 e. The summed E-state index contributed by atoms with van der Waals surface area (Å²) >= 11 is 6.17. The number of nitrogens with one attached hydrogen (secondary N) is 1. The van der Waals surface area contributed by atoms with Gasteiger partial charge >= 0.3 is 0 Å². The van der Waals surface area contributed by atoms with Crippen LogP contribution in [-0.2, 0) is 6.54 Å². The molecule has 1 N–H and O–H groups in total. The van der Waals surface area contributed by atoms with Gasteiger partial charge in [-0.05, 0) is 18.2 Å². The van der Waals surface area contributed by atoms with E-state index in [4.69, 9.17) is 11.6 Å². The fourth-order valence-corrected chi connectivity index (χ4v) is 3.21. The first-order valence-electron chi connectivity index (χ1n) is 7.80. The third-order valence-electron chi connectivity index (χ3n) is 4.34. The number of nitro groups is 1.